The highest BCUT2D eigenvalue weighted by atomic mass is 16.5. The van der Waals surface area contributed by atoms with E-state index in [0.717, 1.165) is 36.5 Å². The molecular weight excluding hydrogens is 238 g/mol. The van der Waals surface area contributed by atoms with E-state index in [-0.39, 0.29) is 0 Å². The number of hydrogen-bond acceptors (Lipinski definition) is 3. The van der Waals surface area contributed by atoms with Crippen molar-refractivity contribution in [2.45, 2.75) is 12.8 Å². The normalized spacial score (nSPS) is 10.4. The van der Waals surface area contributed by atoms with E-state index in [0.29, 0.717) is 0 Å². The molecule has 0 saturated heterocycles. The Labute approximate surface area is 114 Å². The molecule has 0 unspecified atom stereocenters. The average molecular weight is 256 g/mol. The van der Waals surface area contributed by atoms with Crippen molar-refractivity contribution >= 4 is 0 Å². The van der Waals surface area contributed by atoms with E-state index in [1.807, 2.05) is 36.5 Å². The van der Waals surface area contributed by atoms with E-state index < -0.39 is 0 Å². The molecule has 3 heteroatoms. The molecule has 0 bridgehead atoms. The van der Waals surface area contributed by atoms with Gasteiger partial charge in [0.15, 0.2) is 0 Å². The van der Waals surface area contributed by atoms with Gasteiger partial charge in [-0.3, -0.25) is 4.98 Å². The summed E-state index contributed by atoms with van der Waals surface area (Å²) < 4.78 is 10.2. The second-order valence-corrected chi connectivity index (χ2v) is 4.30. The Bertz CT molecular complexity index is 491. The van der Waals surface area contributed by atoms with Gasteiger partial charge >= 0.3 is 0 Å². The van der Waals surface area contributed by atoms with Gasteiger partial charge in [0.25, 0.3) is 0 Å². The first-order valence-corrected chi connectivity index (χ1v) is 6.33. The second-order valence-electron chi connectivity index (χ2n) is 4.30. The van der Waals surface area contributed by atoms with Crippen molar-refractivity contribution in [2.75, 3.05) is 20.8 Å². The van der Waals surface area contributed by atoms with Gasteiger partial charge in [-0.15, -0.1) is 0 Å². The van der Waals surface area contributed by atoms with Crippen molar-refractivity contribution in [1.82, 2.24) is 4.98 Å². The molecule has 1 aromatic heterocycles. The average Bonchev–Trinajstić information content (AvgIpc) is 2.48. The SMILES string of the molecule is COCCCc1c[c]c(-c2ccc(OC)cc2)nc1. The molecule has 0 saturated carbocycles. The van der Waals surface area contributed by atoms with Crippen LogP contribution in [0, 0.1) is 6.07 Å². The van der Waals surface area contributed by atoms with Gasteiger partial charge in [0.1, 0.15) is 5.75 Å². The fourth-order valence-corrected chi connectivity index (χ4v) is 1.85. The van der Waals surface area contributed by atoms with Crippen LogP contribution in [0.3, 0.4) is 0 Å². The Morgan fingerprint density at radius 3 is 2.53 bits per heavy atom. The van der Waals surface area contributed by atoms with Crippen LogP contribution in [-0.4, -0.2) is 25.8 Å². The number of rotatable bonds is 6. The Morgan fingerprint density at radius 1 is 1.16 bits per heavy atom. The molecule has 0 spiro atoms. The molecule has 0 aliphatic heterocycles. The van der Waals surface area contributed by atoms with E-state index in [1.165, 1.54) is 5.56 Å². The van der Waals surface area contributed by atoms with Crippen LogP contribution in [0.2, 0.25) is 0 Å². The molecule has 2 aromatic rings. The molecule has 0 amide bonds. The number of methoxy groups -OCH3 is 2. The van der Waals surface area contributed by atoms with Crippen LogP contribution in [0.25, 0.3) is 11.3 Å². The molecule has 1 aromatic carbocycles. The third-order valence-corrected chi connectivity index (χ3v) is 2.93. The summed E-state index contributed by atoms with van der Waals surface area (Å²) in [5.74, 6) is 0.847. The molecule has 1 heterocycles. The third kappa shape index (κ3) is 3.80. The number of aromatic nitrogens is 1. The van der Waals surface area contributed by atoms with Gasteiger partial charge in [-0.05, 0) is 48.7 Å². The molecule has 1 radical (unpaired) electrons. The van der Waals surface area contributed by atoms with Crippen LogP contribution in [0.15, 0.2) is 36.5 Å². The molecule has 0 aliphatic rings. The lowest BCUT2D eigenvalue weighted by Crippen LogP contribution is -1.94. The summed E-state index contributed by atoms with van der Waals surface area (Å²) in [4.78, 5) is 4.45. The lowest BCUT2D eigenvalue weighted by molar-refractivity contribution is 0.195. The van der Waals surface area contributed by atoms with E-state index in [1.54, 1.807) is 14.2 Å². The summed E-state index contributed by atoms with van der Waals surface area (Å²) in [7, 11) is 3.38. The number of pyridine rings is 1. The van der Waals surface area contributed by atoms with Gasteiger partial charge < -0.3 is 9.47 Å². The van der Waals surface area contributed by atoms with E-state index in [4.69, 9.17) is 9.47 Å². The molecule has 0 N–H and O–H groups in total. The maximum Gasteiger partial charge on any atom is 0.118 e. The molecule has 0 fully saturated rings. The minimum Gasteiger partial charge on any atom is -0.497 e. The lowest BCUT2D eigenvalue weighted by atomic mass is 10.1. The molecular formula is C16H18NO2. The van der Waals surface area contributed by atoms with Crippen molar-refractivity contribution in [3.05, 3.63) is 48.2 Å². The van der Waals surface area contributed by atoms with Gasteiger partial charge in [0, 0.05) is 31.5 Å². The monoisotopic (exact) mass is 256 g/mol. The van der Waals surface area contributed by atoms with Crippen molar-refractivity contribution in [1.29, 1.82) is 0 Å². The molecule has 19 heavy (non-hydrogen) atoms. The number of nitrogens with zero attached hydrogens (tertiary/aromatic N) is 1. The van der Waals surface area contributed by atoms with Gasteiger partial charge in [-0.1, -0.05) is 0 Å². The quantitative estimate of drug-likeness (QED) is 0.744. The summed E-state index contributed by atoms with van der Waals surface area (Å²) in [5, 5.41) is 0. The van der Waals surface area contributed by atoms with Gasteiger partial charge in [0.2, 0.25) is 0 Å². The van der Waals surface area contributed by atoms with E-state index in [2.05, 4.69) is 11.1 Å². The van der Waals surface area contributed by atoms with Crippen LogP contribution < -0.4 is 4.74 Å². The van der Waals surface area contributed by atoms with Crippen molar-refractivity contribution < 1.29 is 9.47 Å². The highest BCUT2D eigenvalue weighted by Gasteiger charge is 2.01. The topological polar surface area (TPSA) is 31.4 Å². The summed E-state index contributed by atoms with van der Waals surface area (Å²) in [5.41, 5.74) is 3.09. The summed E-state index contributed by atoms with van der Waals surface area (Å²) >= 11 is 0. The first-order valence-electron chi connectivity index (χ1n) is 6.33. The maximum atomic E-state index is 5.14. The van der Waals surface area contributed by atoms with Gasteiger partial charge in [-0.25, -0.2) is 0 Å². The maximum absolute atomic E-state index is 5.14. The number of benzene rings is 1. The zero-order valence-corrected chi connectivity index (χ0v) is 11.3. The number of aryl methyl sites for hydroxylation is 1. The third-order valence-electron chi connectivity index (χ3n) is 2.93. The summed E-state index contributed by atoms with van der Waals surface area (Å²) in [6, 6.07) is 13.1. The number of hydrogen-bond donors (Lipinski definition) is 0. The predicted molar refractivity (Wildman–Crippen MR) is 75.3 cm³/mol. The molecule has 99 valence electrons. The van der Waals surface area contributed by atoms with Crippen LogP contribution in [0.1, 0.15) is 12.0 Å². The van der Waals surface area contributed by atoms with Crippen LogP contribution in [0.5, 0.6) is 5.75 Å². The standard InChI is InChI=1S/C16H18NO2/c1-18-11-3-4-13-5-10-16(17-12-13)14-6-8-15(19-2)9-7-14/h5-9,12H,3-4,11H2,1-2H3. The molecule has 2 rings (SSSR count). The summed E-state index contributed by atoms with van der Waals surface area (Å²) in [6.45, 7) is 0.778. The zero-order valence-electron chi connectivity index (χ0n) is 11.3. The first-order chi connectivity index (χ1) is 9.33. The first kappa shape index (κ1) is 13.6. The van der Waals surface area contributed by atoms with Crippen LogP contribution in [0.4, 0.5) is 0 Å². The van der Waals surface area contributed by atoms with Crippen molar-refractivity contribution in [2.24, 2.45) is 0 Å². The summed E-state index contributed by atoms with van der Waals surface area (Å²) in [6.07, 6.45) is 3.89. The van der Waals surface area contributed by atoms with Gasteiger partial charge in [-0.2, -0.15) is 0 Å². The zero-order chi connectivity index (χ0) is 13.5. The molecule has 0 atom stereocenters. The van der Waals surface area contributed by atoms with Gasteiger partial charge in [0.05, 0.1) is 12.8 Å². The smallest absolute Gasteiger partial charge is 0.118 e. The second kappa shape index (κ2) is 6.90. The molecule has 0 aliphatic carbocycles. The number of ether oxygens (including phenoxy) is 2. The van der Waals surface area contributed by atoms with E-state index >= 15 is 0 Å². The predicted octanol–water partition coefficient (Wildman–Crippen LogP) is 3.14. The van der Waals surface area contributed by atoms with Crippen molar-refractivity contribution in [3.8, 4) is 17.0 Å². The molecule has 3 nitrogen and oxygen atoms in total. The van der Waals surface area contributed by atoms with Crippen molar-refractivity contribution in [3.63, 3.8) is 0 Å². The highest BCUT2D eigenvalue weighted by Crippen LogP contribution is 2.20. The minimum absolute atomic E-state index is 0.778. The van der Waals surface area contributed by atoms with Crippen LogP contribution >= 0.6 is 0 Å². The Balaban J connectivity index is 2.04. The fourth-order valence-electron chi connectivity index (χ4n) is 1.85. The van der Waals surface area contributed by atoms with Crippen LogP contribution in [-0.2, 0) is 11.2 Å². The lowest BCUT2D eigenvalue weighted by Gasteiger charge is -2.04. The fraction of sp³-hybridized carbons (Fsp3) is 0.312. The largest absolute Gasteiger partial charge is 0.497 e. The van der Waals surface area contributed by atoms with E-state index in [9.17, 15) is 0 Å². The Kier molecular flexibility index (Phi) is 4.93. The Morgan fingerprint density at radius 2 is 1.95 bits per heavy atom. The Hall–Kier alpha value is -1.87. The highest BCUT2D eigenvalue weighted by molar-refractivity contribution is 5.59. The minimum atomic E-state index is 0.778.